The molecule has 0 radical (unpaired) electrons. The Labute approximate surface area is 204 Å². The van der Waals surface area contributed by atoms with E-state index in [0.29, 0.717) is 18.2 Å². The van der Waals surface area contributed by atoms with Gasteiger partial charge in [0.1, 0.15) is 5.82 Å². The first kappa shape index (κ1) is 24.0. The Morgan fingerprint density at radius 3 is 2.68 bits per heavy atom. The summed E-state index contributed by atoms with van der Waals surface area (Å²) in [4.78, 5) is 12.5. The van der Waals surface area contributed by atoms with Crippen molar-refractivity contribution in [1.29, 1.82) is 0 Å². The number of rotatable bonds is 9. The molecule has 176 valence electrons. The number of benzene rings is 3. The average molecular weight is 475 g/mol. The summed E-state index contributed by atoms with van der Waals surface area (Å²) in [5, 5.41) is 15.1. The van der Waals surface area contributed by atoms with Crippen LogP contribution in [0.3, 0.4) is 0 Å². The number of fused-ring (bicyclic) bond motifs is 1. The molecule has 1 N–H and O–H groups in total. The molecule has 0 aliphatic rings. The number of amides is 1. The zero-order valence-corrected chi connectivity index (χ0v) is 20.9. The Morgan fingerprint density at radius 1 is 1.09 bits per heavy atom. The molecule has 0 aliphatic carbocycles. The van der Waals surface area contributed by atoms with Gasteiger partial charge in [0.2, 0.25) is 5.91 Å². The van der Waals surface area contributed by atoms with Crippen LogP contribution in [0, 0.1) is 13.8 Å². The van der Waals surface area contributed by atoms with Crippen molar-refractivity contribution in [2.75, 3.05) is 19.5 Å². The Bertz CT molecular complexity index is 1300. The maximum Gasteiger partial charge on any atom is 0.230 e. The lowest BCUT2D eigenvalue weighted by atomic mass is 10.0. The third kappa shape index (κ3) is 5.48. The Kier molecular flexibility index (Phi) is 7.65. The average Bonchev–Trinajstić information content (AvgIpc) is 3.20. The van der Waals surface area contributed by atoms with Gasteiger partial charge >= 0.3 is 0 Å². The summed E-state index contributed by atoms with van der Waals surface area (Å²) in [5.74, 6) is 1.05. The second kappa shape index (κ2) is 10.8. The summed E-state index contributed by atoms with van der Waals surface area (Å²) in [6, 6.07) is 21.0. The van der Waals surface area contributed by atoms with Gasteiger partial charge in [0, 0.05) is 19.6 Å². The van der Waals surface area contributed by atoms with E-state index in [0.717, 1.165) is 17.1 Å². The predicted molar refractivity (Wildman–Crippen MR) is 138 cm³/mol. The first-order chi connectivity index (χ1) is 16.5. The summed E-state index contributed by atoms with van der Waals surface area (Å²) in [6.07, 6.45) is 0.638. The van der Waals surface area contributed by atoms with Crippen LogP contribution < -0.4 is 5.32 Å². The van der Waals surface area contributed by atoms with E-state index in [2.05, 4.69) is 94.6 Å². The number of carbonyl (C=O) groups is 1. The minimum Gasteiger partial charge on any atom is -0.383 e. The number of carbonyl (C=O) groups excluding carboxylic acids is 1. The SMILES string of the molecule is COCC(C)NC(=O)CSc1nnc(Cc2cccc3ccccc23)n1-c1ccc(C)cc1C. The van der Waals surface area contributed by atoms with Crippen LogP contribution in [0.4, 0.5) is 0 Å². The second-order valence-electron chi connectivity index (χ2n) is 8.55. The number of aryl methyl sites for hydroxylation is 2. The van der Waals surface area contributed by atoms with E-state index < -0.39 is 0 Å². The van der Waals surface area contributed by atoms with Gasteiger partial charge in [-0.05, 0) is 48.7 Å². The molecule has 0 fully saturated rings. The van der Waals surface area contributed by atoms with Gasteiger partial charge in [-0.2, -0.15) is 0 Å². The fraction of sp³-hybridized carbons (Fsp3) is 0.296. The van der Waals surface area contributed by atoms with Crippen LogP contribution >= 0.6 is 11.8 Å². The Balaban J connectivity index is 1.67. The van der Waals surface area contributed by atoms with Crippen LogP contribution in [-0.4, -0.2) is 46.2 Å². The summed E-state index contributed by atoms with van der Waals surface area (Å²) in [5.41, 5.74) is 4.56. The minimum atomic E-state index is -0.0552. The fourth-order valence-electron chi connectivity index (χ4n) is 4.16. The summed E-state index contributed by atoms with van der Waals surface area (Å²) < 4.78 is 7.20. The van der Waals surface area contributed by atoms with Gasteiger partial charge in [-0.15, -0.1) is 10.2 Å². The molecular weight excluding hydrogens is 444 g/mol. The second-order valence-corrected chi connectivity index (χ2v) is 9.49. The molecule has 0 saturated carbocycles. The summed E-state index contributed by atoms with van der Waals surface area (Å²) >= 11 is 1.39. The smallest absolute Gasteiger partial charge is 0.230 e. The van der Waals surface area contributed by atoms with Gasteiger partial charge in [0.05, 0.1) is 18.0 Å². The highest BCUT2D eigenvalue weighted by Crippen LogP contribution is 2.28. The molecule has 0 bridgehead atoms. The van der Waals surface area contributed by atoms with Gasteiger partial charge < -0.3 is 10.1 Å². The molecule has 1 aromatic heterocycles. The fourth-order valence-corrected chi connectivity index (χ4v) is 4.94. The van der Waals surface area contributed by atoms with E-state index >= 15 is 0 Å². The maximum absolute atomic E-state index is 12.5. The van der Waals surface area contributed by atoms with Crippen molar-refractivity contribution in [1.82, 2.24) is 20.1 Å². The third-order valence-corrected chi connectivity index (χ3v) is 6.61. The molecule has 0 saturated heterocycles. The van der Waals surface area contributed by atoms with Crippen LogP contribution in [0.1, 0.15) is 29.4 Å². The number of methoxy groups -OCH3 is 1. The number of nitrogens with zero attached hydrogens (tertiary/aromatic N) is 3. The molecule has 4 aromatic rings. The van der Waals surface area contributed by atoms with Crippen molar-refractivity contribution in [3.63, 3.8) is 0 Å². The summed E-state index contributed by atoms with van der Waals surface area (Å²) in [6.45, 7) is 6.58. The highest BCUT2D eigenvalue weighted by atomic mass is 32.2. The molecule has 3 aromatic carbocycles. The third-order valence-electron chi connectivity index (χ3n) is 5.68. The number of ether oxygens (including phenoxy) is 1. The highest BCUT2D eigenvalue weighted by Gasteiger charge is 2.19. The molecule has 7 heteroatoms. The molecule has 6 nitrogen and oxygen atoms in total. The van der Waals surface area contributed by atoms with Gasteiger partial charge in [-0.1, -0.05) is 71.9 Å². The normalized spacial score (nSPS) is 12.1. The standard InChI is InChI=1S/C27H30N4O2S/c1-18-12-13-24(19(2)14-18)31-25(15-22-10-7-9-21-8-5-6-11-23(21)22)29-30-27(31)34-17-26(32)28-20(3)16-33-4/h5-14,20H,15-17H2,1-4H3,(H,28,32). The summed E-state index contributed by atoms with van der Waals surface area (Å²) in [7, 11) is 1.63. The molecular formula is C27H30N4O2S. The van der Waals surface area contributed by atoms with Gasteiger partial charge in [0.15, 0.2) is 5.16 Å². The predicted octanol–water partition coefficient (Wildman–Crippen LogP) is 4.87. The zero-order chi connectivity index (χ0) is 24.1. The van der Waals surface area contributed by atoms with E-state index in [1.165, 1.54) is 33.7 Å². The molecule has 1 amide bonds. The van der Waals surface area contributed by atoms with Crippen molar-refractivity contribution in [3.8, 4) is 5.69 Å². The molecule has 1 heterocycles. The number of nitrogens with one attached hydrogen (secondary N) is 1. The zero-order valence-electron chi connectivity index (χ0n) is 20.0. The molecule has 4 rings (SSSR count). The van der Waals surface area contributed by atoms with Gasteiger partial charge in [-0.3, -0.25) is 9.36 Å². The number of hydrogen-bond donors (Lipinski definition) is 1. The van der Waals surface area contributed by atoms with Gasteiger partial charge in [-0.25, -0.2) is 0 Å². The maximum atomic E-state index is 12.5. The van der Waals surface area contributed by atoms with Gasteiger partial charge in [0.25, 0.3) is 0 Å². The van der Waals surface area contributed by atoms with Crippen molar-refractivity contribution >= 4 is 28.4 Å². The molecule has 0 aliphatic heterocycles. The van der Waals surface area contributed by atoms with Crippen LogP contribution in [0.5, 0.6) is 0 Å². The van der Waals surface area contributed by atoms with Crippen molar-refractivity contribution in [3.05, 3.63) is 83.2 Å². The number of thioether (sulfide) groups is 1. The largest absolute Gasteiger partial charge is 0.383 e. The van der Waals surface area contributed by atoms with E-state index in [1.807, 2.05) is 6.92 Å². The topological polar surface area (TPSA) is 69.0 Å². The Hall–Kier alpha value is -3.16. The lowest BCUT2D eigenvalue weighted by Crippen LogP contribution is -2.36. The monoisotopic (exact) mass is 474 g/mol. The van der Waals surface area contributed by atoms with E-state index in [1.54, 1.807) is 7.11 Å². The quantitative estimate of drug-likeness (QED) is 0.351. The van der Waals surface area contributed by atoms with Crippen molar-refractivity contribution < 1.29 is 9.53 Å². The lowest BCUT2D eigenvalue weighted by molar-refractivity contribution is -0.119. The molecule has 1 unspecified atom stereocenters. The van der Waals surface area contributed by atoms with E-state index in [9.17, 15) is 4.79 Å². The van der Waals surface area contributed by atoms with E-state index in [4.69, 9.17) is 4.74 Å². The Morgan fingerprint density at radius 2 is 1.88 bits per heavy atom. The number of hydrogen-bond acceptors (Lipinski definition) is 5. The van der Waals surface area contributed by atoms with Crippen LogP contribution in [0.15, 0.2) is 65.8 Å². The van der Waals surface area contributed by atoms with E-state index in [-0.39, 0.29) is 17.7 Å². The lowest BCUT2D eigenvalue weighted by Gasteiger charge is -2.15. The number of aromatic nitrogens is 3. The molecule has 0 spiro atoms. The van der Waals surface area contributed by atoms with Crippen LogP contribution in [-0.2, 0) is 16.0 Å². The first-order valence-corrected chi connectivity index (χ1v) is 12.3. The minimum absolute atomic E-state index is 0.0442. The van der Waals surface area contributed by atoms with Crippen molar-refractivity contribution in [2.24, 2.45) is 0 Å². The van der Waals surface area contributed by atoms with Crippen LogP contribution in [0.2, 0.25) is 0 Å². The van der Waals surface area contributed by atoms with Crippen molar-refractivity contribution in [2.45, 2.75) is 38.4 Å². The highest BCUT2D eigenvalue weighted by molar-refractivity contribution is 7.99. The molecule has 1 atom stereocenters. The molecule has 34 heavy (non-hydrogen) atoms. The van der Waals surface area contributed by atoms with Crippen LogP contribution in [0.25, 0.3) is 16.5 Å². The first-order valence-electron chi connectivity index (χ1n) is 11.4.